The molecule has 0 heterocycles. The summed E-state index contributed by atoms with van der Waals surface area (Å²) in [6, 6.07) is -0.418. The summed E-state index contributed by atoms with van der Waals surface area (Å²) in [7, 11) is 0. The molecule has 0 rings (SSSR count). The zero-order chi connectivity index (χ0) is 13.3. The number of carbonyl (C=O) groups excluding carboxylic acids is 2. The minimum atomic E-state index is -0.960. The molecule has 0 aliphatic heterocycles. The van der Waals surface area contributed by atoms with E-state index in [-0.39, 0.29) is 31.1 Å². The highest BCUT2D eigenvalue weighted by molar-refractivity contribution is 5.84. The number of hydrogen-bond donors (Lipinski definition) is 3. The fourth-order valence-corrected chi connectivity index (χ4v) is 1.24. The Hall–Kier alpha value is -1.59. The van der Waals surface area contributed by atoms with Crippen LogP contribution in [0.2, 0.25) is 0 Å². The molecule has 0 fully saturated rings. The summed E-state index contributed by atoms with van der Waals surface area (Å²) in [5, 5.41) is 13.7. The van der Waals surface area contributed by atoms with Crippen LogP contribution in [0.5, 0.6) is 0 Å². The van der Waals surface area contributed by atoms with E-state index in [0.717, 1.165) is 6.42 Å². The van der Waals surface area contributed by atoms with Gasteiger partial charge in [0.05, 0.1) is 6.42 Å². The van der Waals surface area contributed by atoms with Crippen molar-refractivity contribution in [3.05, 3.63) is 0 Å². The molecule has 3 N–H and O–H groups in total. The quantitative estimate of drug-likeness (QED) is 0.571. The normalized spacial score (nSPS) is 11.6. The van der Waals surface area contributed by atoms with Crippen LogP contribution in [0.3, 0.4) is 0 Å². The summed E-state index contributed by atoms with van der Waals surface area (Å²) < 4.78 is 0. The minimum absolute atomic E-state index is 0.0828. The van der Waals surface area contributed by atoms with E-state index in [1.165, 1.54) is 0 Å². The maximum atomic E-state index is 11.3. The third-order valence-electron chi connectivity index (χ3n) is 2.04. The van der Waals surface area contributed by atoms with Crippen molar-refractivity contribution in [2.75, 3.05) is 6.54 Å². The number of carbonyl (C=O) groups is 3. The fourth-order valence-electron chi connectivity index (χ4n) is 1.24. The van der Waals surface area contributed by atoms with Crippen molar-refractivity contribution in [3.8, 4) is 0 Å². The third-order valence-corrected chi connectivity index (χ3v) is 2.04. The molecule has 0 saturated carbocycles. The Balaban J connectivity index is 3.72. The van der Waals surface area contributed by atoms with Crippen LogP contribution < -0.4 is 10.6 Å². The first-order valence-electron chi connectivity index (χ1n) is 5.73. The lowest BCUT2D eigenvalue weighted by Crippen LogP contribution is -2.35. The molecule has 0 bridgehead atoms. The monoisotopic (exact) mass is 244 g/mol. The van der Waals surface area contributed by atoms with Crippen LogP contribution in [0.25, 0.3) is 0 Å². The molecule has 0 aliphatic rings. The smallest absolute Gasteiger partial charge is 0.305 e. The number of aliphatic carboxylic acids is 1. The molecule has 0 spiro atoms. The van der Waals surface area contributed by atoms with Crippen LogP contribution in [-0.4, -0.2) is 35.5 Å². The van der Waals surface area contributed by atoms with Gasteiger partial charge in [-0.3, -0.25) is 14.4 Å². The van der Waals surface area contributed by atoms with E-state index in [9.17, 15) is 14.4 Å². The summed E-state index contributed by atoms with van der Waals surface area (Å²) >= 11 is 0. The SMILES string of the molecule is CCCNC(=O)CCC(=O)NC(C)CC(=O)O. The lowest BCUT2D eigenvalue weighted by molar-refractivity contribution is -0.137. The van der Waals surface area contributed by atoms with E-state index in [1.54, 1.807) is 6.92 Å². The molecule has 0 aliphatic carbocycles. The van der Waals surface area contributed by atoms with Crippen LogP contribution in [0.4, 0.5) is 0 Å². The Morgan fingerprint density at radius 1 is 1.18 bits per heavy atom. The third kappa shape index (κ3) is 9.35. The van der Waals surface area contributed by atoms with Gasteiger partial charge in [-0.1, -0.05) is 6.92 Å². The largest absolute Gasteiger partial charge is 0.481 e. The van der Waals surface area contributed by atoms with Crippen LogP contribution in [0, 0.1) is 0 Å². The highest BCUT2D eigenvalue weighted by atomic mass is 16.4. The van der Waals surface area contributed by atoms with Gasteiger partial charge >= 0.3 is 5.97 Å². The minimum Gasteiger partial charge on any atom is -0.481 e. The van der Waals surface area contributed by atoms with Gasteiger partial charge in [0.25, 0.3) is 0 Å². The van der Waals surface area contributed by atoms with E-state index in [2.05, 4.69) is 10.6 Å². The summed E-state index contributed by atoms with van der Waals surface area (Å²) in [6.45, 7) is 4.17. The van der Waals surface area contributed by atoms with Gasteiger partial charge in [-0.15, -0.1) is 0 Å². The number of carboxylic acids is 1. The number of rotatable bonds is 8. The zero-order valence-electron chi connectivity index (χ0n) is 10.3. The predicted molar refractivity (Wildman–Crippen MR) is 62.4 cm³/mol. The maximum Gasteiger partial charge on any atom is 0.305 e. The number of nitrogens with one attached hydrogen (secondary N) is 2. The number of carboxylic acid groups (broad SMARTS) is 1. The van der Waals surface area contributed by atoms with Crippen molar-refractivity contribution in [2.45, 2.75) is 45.6 Å². The van der Waals surface area contributed by atoms with Gasteiger partial charge in [-0.25, -0.2) is 0 Å². The van der Waals surface area contributed by atoms with Crippen LogP contribution in [0.15, 0.2) is 0 Å². The molecule has 0 aromatic heterocycles. The number of amides is 2. The average molecular weight is 244 g/mol. The molecule has 17 heavy (non-hydrogen) atoms. The first-order valence-corrected chi connectivity index (χ1v) is 5.73. The summed E-state index contributed by atoms with van der Waals surface area (Å²) in [5.74, 6) is -1.42. The Labute approximate surface area is 101 Å². The Kier molecular flexibility index (Phi) is 7.75. The van der Waals surface area contributed by atoms with Gasteiger partial charge in [0.2, 0.25) is 11.8 Å². The highest BCUT2D eigenvalue weighted by Crippen LogP contribution is 1.94. The number of hydrogen-bond acceptors (Lipinski definition) is 3. The fraction of sp³-hybridized carbons (Fsp3) is 0.727. The van der Waals surface area contributed by atoms with Crippen molar-refractivity contribution < 1.29 is 19.5 Å². The molecule has 1 unspecified atom stereocenters. The van der Waals surface area contributed by atoms with Crippen molar-refractivity contribution in [1.29, 1.82) is 0 Å². The zero-order valence-corrected chi connectivity index (χ0v) is 10.3. The molecule has 1 atom stereocenters. The van der Waals surface area contributed by atoms with Crippen molar-refractivity contribution in [3.63, 3.8) is 0 Å². The second-order valence-corrected chi connectivity index (χ2v) is 3.92. The molecule has 6 nitrogen and oxygen atoms in total. The second-order valence-electron chi connectivity index (χ2n) is 3.92. The summed E-state index contributed by atoms with van der Waals surface area (Å²) in [5.41, 5.74) is 0. The Bertz CT molecular complexity index is 279. The van der Waals surface area contributed by atoms with Crippen LogP contribution in [0.1, 0.15) is 39.5 Å². The molecule has 0 saturated heterocycles. The van der Waals surface area contributed by atoms with Crippen LogP contribution in [-0.2, 0) is 14.4 Å². The molecular formula is C11H20N2O4. The van der Waals surface area contributed by atoms with Gasteiger partial charge < -0.3 is 15.7 Å². The van der Waals surface area contributed by atoms with E-state index in [4.69, 9.17) is 5.11 Å². The van der Waals surface area contributed by atoms with Gasteiger partial charge in [0.15, 0.2) is 0 Å². The van der Waals surface area contributed by atoms with E-state index in [0.29, 0.717) is 6.54 Å². The van der Waals surface area contributed by atoms with Gasteiger partial charge in [-0.2, -0.15) is 0 Å². The van der Waals surface area contributed by atoms with Gasteiger partial charge in [-0.05, 0) is 13.3 Å². The molecule has 0 aromatic rings. The van der Waals surface area contributed by atoms with E-state index < -0.39 is 12.0 Å². The summed E-state index contributed by atoms with van der Waals surface area (Å²) in [4.78, 5) is 32.9. The standard InChI is InChI=1S/C11H20N2O4/c1-3-6-12-9(14)4-5-10(15)13-8(2)7-11(16)17/h8H,3-7H2,1-2H3,(H,12,14)(H,13,15)(H,16,17). The summed E-state index contributed by atoms with van der Waals surface area (Å²) in [6.07, 6.45) is 0.951. The van der Waals surface area contributed by atoms with Crippen molar-refractivity contribution in [1.82, 2.24) is 10.6 Å². The first-order chi connectivity index (χ1) is 7.95. The van der Waals surface area contributed by atoms with Gasteiger partial charge in [0.1, 0.15) is 0 Å². The van der Waals surface area contributed by atoms with Crippen molar-refractivity contribution in [2.24, 2.45) is 0 Å². The lowest BCUT2D eigenvalue weighted by Gasteiger charge is -2.11. The van der Waals surface area contributed by atoms with Crippen molar-refractivity contribution >= 4 is 17.8 Å². The Morgan fingerprint density at radius 3 is 2.29 bits per heavy atom. The Morgan fingerprint density at radius 2 is 1.76 bits per heavy atom. The maximum absolute atomic E-state index is 11.3. The topological polar surface area (TPSA) is 95.5 Å². The highest BCUT2D eigenvalue weighted by Gasteiger charge is 2.11. The van der Waals surface area contributed by atoms with E-state index >= 15 is 0 Å². The molecular weight excluding hydrogens is 224 g/mol. The molecule has 0 aromatic carbocycles. The van der Waals surface area contributed by atoms with Crippen LogP contribution >= 0.6 is 0 Å². The van der Waals surface area contributed by atoms with E-state index in [1.807, 2.05) is 6.92 Å². The molecule has 0 radical (unpaired) electrons. The lowest BCUT2D eigenvalue weighted by atomic mass is 10.2. The molecule has 2 amide bonds. The van der Waals surface area contributed by atoms with Gasteiger partial charge in [0, 0.05) is 25.4 Å². The molecule has 98 valence electrons. The first kappa shape index (κ1) is 15.4. The second kappa shape index (κ2) is 8.55. The molecule has 6 heteroatoms. The average Bonchev–Trinajstić information content (AvgIpc) is 2.22. The predicted octanol–water partition coefficient (Wildman–Crippen LogP) is 0.272.